The zero-order valence-electron chi connectivity index (χ0n) is 8.27. The van der Waals surface area contributed by atoms with Crippen molar-refractivity contribution >= 4 is 5.96 Å². The standard InChI is InChI=1S/C9H15N5/c1-14-5-4-8(13-14)6-11-9(10)12-7-2-3-7/h4-5,7H,2-3,6H2,1H3,(H3,10,11,12). The average molecular weight is 193 g/mol. The molecule has 1 fully saturated rings. The number of hydrogen-bond donors (Lipinski definition) is 2. The molecule has 0 aliphatic heterocycles. The first-order valence-electron chi connectivity index (χ1n) is 4.79. The zero-order chi connectivity index (χ0) is 9.97. The summed E-state index contributed by atoms with van der Waals surface area (Å²) in [5.41, 5.74) is 6.61. The van der Waals surface area contributed by atoms with Gasteiger partial charge in [-0.25, -0.2) is 4.99 Å². The molecule has 1 aliphatic rings. The fourth-order valence-corrected chi connectivity index (χ4v) is 1.20. The van der Waals surface area contributed by atoms with Crippen LogP contribution in [-0.4, -0.2) is 21.8 Å². The molecule has 14 heavy (non-hydrogen) atoms. The van der Waals surface area contributed by atoms with Gasteiger partial charge < -0.3 is 11.1 Å². The molecule has 0 unspecified atom stereocenters. The summed E-state index contributed by atoms with van der Waals surface area (Å²) in [5.74, 6) is 0.526. The molecule has 0 bridgehead atoms. The van der Waals surface area contributed by atoms with Gasteiger partial charge in [-0.05, 0) is 18.9 Å². The van der Waals surface area contributed by atoms with E-state index in [-0.39, 0.29) is 0 Å². The van der Waals surface area contributed by atoms with Crippen LogP contribution >= 0.6 is 0 Å². The second-order valence-corrected chi connectivity index (χ2v) is 3.60. The minimum atomic E-state index is 0.526. The van der Waals surface area contributed by atoms with Crippen molar-refractivity contribution in [3.8, 4) is 0 Å². The van der Waals surface area contributed by atoms with E-state index in [1.54, 1.807) is 4.68 Å². The number of aromatic nitrogens is 2. The predicted octanol–water partition coefficient (Wildman–Crippen LogP) is -0.0132. The molecule has 0 amide bonds. The Bertz CT molecular complexity index is 337. The molecule has 0 saturated heterocycles. The van der Waals surface area contributed by atoms with Gasteiger partial charge in [0.15, 0.2) is 5.96 Å². The molecule has 5 heteroatoms. The second-order valence-electron chi connectivity index (χ2n) is 3.60. The van der Waals surface area contributed by atoms with Crippen LogP contribution in [0, 0.1) is 0 Å². The number of nitrogens with two attached hydrogens (primary N) is 1. The van der Waals surface area contributed by atoms with E-state index in [2.05, 4.69) is 15.4 Å². The highest BCUT2D eigenvalue weighted by Gasteiger charge is 2.21. The van der Waals surface area contributed by atoms with Crippen molar-refractivity contribution in [3.05, 3.63) is 18.0 Å². The van der Waals surface area contributed by atoms with Gasteiger partial charge in [-0.2, -0.15) is 5.10 Å². The first-order chi connectivity index (χ1) is 6.74. The maximum absolute atomic E-state index is 5.67. The van der Waals surface area contributed by atoms with Crippen molar-refractivity contribution in [1.29, 1.82) is 0 Å². The molecule has 5 nitrogen and oxygen atoms in total. The third-order valence-corrected chi connectivity index (χ3v) is 2.11. The Labute approximate surface area is 83.0 Å². The van der Waals surface area contributed by atoms with Crippen molar-refractivity contribution < 1.29 is 0 Å². The summed E-state index contributed by atoms with van der Waals surface area (Å²) in [4.78, 5) is 4.20. The van der Waals surface area contributed by atoms with E-state index in [4.69, 9.17) is 5.73 Å². The van der Waals surface area contributed by atoms with Gasteiger partial charge in [0.05, 0.1) is 12.2 Å². The van der Waals surface area contributed by atoms with Crippen molar-refractivity contribution in [2.75, 3.05) is 0 Å². The Morgan fingerprint density at radius 3 is 3.14 bits per heavy atom. The molecule has 76 valence electrons. The Kier molecular flexibility index (Phi) is 2.39. The summed E-state index contributed by atoms with van der Waals surface area (Å²) < 4.78 is 1.76. The second kappa shape index (κ2) is 3.69. The molecule has 0 aromatic carbocycles. The molecule has 1 heterocycles. The quantitative estimate of drug-likeness (QED) is 0.524. The SMILES string of the molecule is Cn1ccc(CN=C(N)NC2CC2)n1. The van der Waals surface area contributed by atoms with E-state index in [9.17, 15) is 0 Å². The summed E-state index contributed by atoms with van der Waals surface area (Å²) in [6.45, 7) is 0.548. The fourth-order valence-electron chi connectivity index (χ4n) is 1.20. The third-order valence-electron chi connectivity index (χ3n) is 2.11. The molecule has 0 spiro atoms. The zero-order valence-corrected chi connectivity index (χ0v) is 8.27. The lowest BCUT2D eigenvalue weighted by molar-refractivity contribution is 0.741. The van der Waals surface area contributed by atoms with Crippen LogP contribution in [0.4, 0.5) is 0 Å². The molecule has 1 saturated carbocycles. The molecule has 1 aromatic rings. The number of hydrogen-bond acceptors (Lipinski definition) is 2. The van der Waals surface area contributed by atoms with Crippen molar-refractivity contribution in [2.45, 2.75) is 25.4 Å². The van der Waals surface area contributed by atoms with Crippen LogP contribution in [0.3, 0.4) is 0 Å². The van der Waals surface area contributed by atoms with E-state index >= 15 is 0 Å². The molecular formula is C9H15N5. The number of nitrogens with one attached hydrogen (secondary N) is 1. The Morgan fingerprint density at radius 2 is 2.57 bits per heavy atom. The van der Waals surface area contributed by atoms with Crippen LogP contribution in [0.1, 0.15) is 18.5 Å². The largest absolute Gasteiger partial charge is 0.370 e. The highest BCUT2D eigenvalue weighted by molar-refractivity contribution is 5.78. The smallest absolute Gasteiger partial charge is 0.189 e. The van der Waals surface area contributed by atoms with Gasteiger partial charge >= 0.3 is 0 Å². The summed E-state index contributed by atoms with van der Waals surface area (Å²) >= 11 is 0. The van der Waals surface area contributed by atoms with Gasteiger partial charge in [0.25, 0.3) is 0 Å². The van der Waals surface area contributed by atoms with Crippen LogP contribution in [-0.2, 0) is 13.6 Å². The number of guanidine groups is 1. The first-order valence-corrected chi connectivity index (χ1v) is 4.79. The summed E-state index contributed by atoms with van der Waals surface area (Å²) in [6.07, 6.45) is 4.31. The van der Waals surface area contributed by atoms with Gasteiger partial charge in [-0.15, -0.1) is 0 Å². The fraction of sp³-hybridized carbons (Fsp3) is 0.556. The number of rotatable bonds is 3. The topological polar surface area (TPSA) is 68.2 Å². The molecule has 3 N–H and O–H groups in total. The number of aliphatic imine (C=N–C) groups is 1. The van der Waals surface area contributed by atoms with Crippen LogP contribution < -0.4 is 11.1 Å². The maximum atomic E-state index is 5.67. The Balaban J connectivity index is 1.84. The Hall–Kier alpha value is -1.52. The minimum absolute atomic E-state index is 0.526. The number of nitrogens with zero attached hydrogens (tertiary/aromatic N) is 3. The maximum Gasteiger partial charge on any atom is 0.189 e. The Morgan fingerprint density at radius 1 is 1.79 bits per heavy atom. The van der Waals surface area contributed by atoms with Crippen LogP contribution in [0.2, 0.25) is 0 Å². The van der Waals surface area contributed by atoms with E-state index in [0.29, 0.717) is 18.5 Å². The first kappa shape index (κ1) is 9.05. The van der Waals surface area contributed by atoms with E-state index < -0.39 is 0 Å². The average Bonchev–Trinajstić information content (AvgIpc) is 2.85. The molecule has 1 aliphatic carbocycles. The van der Waals surface area contributed by atoms with Crippen LogP contribution in [0.25, 0.3) is 0 Å². The van der Waals surface area contributed by atoms with Crippen LogP contribution in [0.15, 0.2) is 17.3 Å². The van der Waals surface area contributed by atoms with Gasteiger partial charge in [0, 0.05) is 19.3 Å². The highest BCUT2D eigenvalue weighted by Crippen LogP contribution is 2.17. The molecule has 0 atom stereocenters. The lowest BCUT2D eigenvalue weighted by atomic mass is 10.4. The monoisotopic (exact) mass is 193 g/mol. The third kappa shape index (κ3) is 2.48. The van der Waals surface area contributed by atoms with E-state index in [1.165, 1.54) is 12.8 Å². The highest BCUT2D eigenvalue weighted by atomic mass is 15.3. The van der Waals surface area contributed by atoms with Gasteiger partial charge in [0.2, 0.25) is 0 Å². The van der Waals surface area contributed by atoms with Gasteiger partial charge in [-0.1, -0.05) is 0 Å². The molecular weight excluding hydrogens is 178 g/mol. The van der Waals surface area contributed by atoms with Gasteiger partial charge in [0.1, 0.15) is 0 Å². The van der Waals surface area contributed by atoms with Crippen molar-refractivity contribution in [2.24, 2.45) is 17.8 Å². The molecule has 2 rings (SSSR count). The normalized spacial score (nSPS) is 17.1. The van der Waals surface area contributed by atoms with Crippen molar-refractivity contribution in [3.63, 3.8) is 0 Å². The predicted molar refractivity (Wildman–Crippen MR) is 54.7 cm³/mol. The molecule has 1 aromatic heterocycles. The van der Waals surface area contributed by atoms with Gasteiger partial charge in [-0.3, -0.25) is 4.68 Å². The molecule has 0 radical (unpaired) electrons. The van der Waals surface area contributed by atoms with E-state index in [0.717, 1.165) is 5.69 Å². The number of aryl methyl sites for hydroxylation is 1. The lowest BCUT2D eigenvalue weighted by Gasteiger charge is -2.01. The van der Waals surface area contributed by atoms with Crippen LogP contribution in [0.5, 0.6) is 0 Å². The van der Waals surface area contributed by atoms with E-state index in [1.807, 2.05) is 19.3 Å². The summed E-state index contributed by atoms with van der Waals surface area (Å²) in [6, 6.07) is 2.50. The summed E-state index contributed by atoms with van der Waals surface area (Å²) in [5, 5.41) is 7.33. The van der Waals surface area contributed by atoms with Crippen molar-refractivity contribution in [1.82, 2.24) is 15.1 Å². The summed E-state index contributed by atoms with van der Waals surface area (Å²) in [7, 11) is 1.89. The minimum Gasteiger partial charge on any atom is -0.370 e. The lowest BCUT2D eigenvalue weighted by Crippen LogP contribution is -2.33.